The molecule has 1 fully saturated rings. The molecule has 3 unspecified atom stereocenters. The van der Waals surface area contributed by atoms with Crippen LogP contribution < -0.4 is 10.6 Å². The number of aryl methyl sites for hydroxylation is 2. The monoisotopic (exact) mass is 491 g/mol. The van der Waals surface area contributed by atoms with Crippen LogP contribution in [0.25, 0.3) is 0 Å². The van der Waals surface area contributed by atoms with Crippen molar-refractivity contribution in [1.82, 2.24) is 20.4 Å². The predicted molar refractivity (Wildman–Crippen MR) is 123 cm³/mol. The molecule has 0 bridgehead atoms. The van der Waals surface area contributed by atoms with E-state index in [-0.39, 0.29) is 41.0 Å². The summed E-state index contributed by atoms with van der Waals surface area (Å²) in [6.07, 6.45) is 1.91. The van der Waals surface area contributed by atoms with Gasteiger partial charge in [0.2, 0.25) is 0 Å². The molecule has 1 aromatic rings. The van der Waals surface area contributed by atoms with Gasteiger partial charge in [-0.3, -0.25) is 9.67 Å². The van der Waals surface area contributed by atoms with Crippen molar-refractivity contribution in [3.63, 3.8) is 0 Å². The fourth-order valence-electron chi connectivity index (χ4n) is 3.88. The number of guanidine groups is 1. The van der Waals surface area contributed by atoms with E-state index in [2.05, 4.69) is 69.2 Å². The number of hydrogen-bond acceptors (Lipinski definition) is 3. The molecular weight excluding hydrogens is 453 g/mol. The van der Waals surface area contributed by atoms with Gasteiger partial charge in [0.15, 0.2) is 5.96 Å². The highest BCUT2D eigenvalue weighted by atomic mass is 127. The summed E-state index contributed by atoms with van der Waals surface area (Å²) in [4.78, 5) is 4.65. The highest BCUT2D eigenvalue weighted by Crippen LogP contribution is 2.51. The number of ether oxygens (including phenoxy) is 1. The van der Waals surface area contributed by atoms with Crippen molar-refractivity contribution in [1.29, 1.82) is 0 Å². The van der Waals surface area contributed by atoms with Crippen LogP contribution in [0.1, 0.15) is 58.0 Å². The number of rotatable bonds is 6. The molecule has 156 valence electrons. The Morgan fingerprint density at radius 2 is 2.00 bits per heavy atom. The van der Waals surface area contributed by atoms with Gasteiger partial charge in [-0.25, -0.2) is 0 Å². The second-order valence-corrected chi connectivity index (χ2v) is 8.40. The van der Waals surface area contributed by atoms with Crippen LogP contribution in [0.3, 0.4) is 0 Å². The first kappa shape index (κ1) is 24.2. The van der Waals surface area contributed by atoms with Crippen molar-refractivity contribution in [2.75, 3.05) is 13.7 Å². The first-order valence-electron chi connectivity index (χ1n) is 9.67. The minimum absolute atomic E-state index is 0. The zero-order valence-corrected chi connectivity index (χ0v) is 20.8. The molecule has 7 heteroatoms. The second kappa shape index (κ2) is 9.11. The van der Waals surface area contributed by atoms with Gasteiger partial charge in [0.25, 0.3) is 0 Å². The van der Waals surface area contributed by atoms with E-state index in [1.165, 1.54) is 11.3 Å². The van der Waals surface area contributed by atoms with Crippen molar-refractivity contribution in [2.24, 2.45) is 17.5 Å². The summed E-state index contributed by atoms with van der Waals surface area (Å²) in [5.74, 6) is 0.885. The fraction of sp³-hybridized carbons (Fsp3) is 0.800. The zero-order chi connectivity index (χ0) is 19.7. The Balaban J connectivity index is 0.00000364. The summed E-state index contributed by atoms with van der Waals surface area (Å²) in [5, 5.41) is 11.7. The van der Waals surface area contributed by atoms with Crippen molar-refractivity contribution < 1.29 is 4.74 Å². The molecule has 1 saturated carbocycles. The number of nitrogens with zero attached hydrogens (tertiary/aromatic N) is 3. The molecule has 1 heterocycles. The van der Waals surface area contributed by atoms with Crippen LogP contribution in [-0.2, 0) is 18.2 Å². The first-order valence-corrected chi connectivity index (χ1v) is 9.67. The average molecular weight is 491 g/mol. The molecule has 1 aromatic heterocycles. The zero-order valence-electron chi connectivity index (χ0n) is 18.4. The third kappa shape index (κ3) is 4.78. The molecule has 2 N–H and O–H groups in total. The fourth-order valence-corrected chi connectivity index (χ4v) is 3.88. The Morgan fingerprint density at radius 1 is 1.37 bits per heavy atom. The van der Waals surface area contributed by atoms with Gasteiger partial charge in [0.05, 0.1) is 11.3 Å². The molecule has 0 aromatic carbocycles. The molecule has 3 atom stereocenters. The molecule has 0 saturated heterocycles. The summed E-state index contributed by atoms with van der Waals surface area (Å²) in [7, 11) is 3.80. The molecule has 27 heavy (non-hydrogen) atoms. The van der Waals surface area contributed by atoms with E-state index in [9.17, 15) is 0 Å². The van der Waals surface area contributed by atoms with E-state index in [1.54, 1.807) is 7.11 Å². The van der Waals surface area contributed by atoms with E-state index in [4.69, 9.17) is 4.74 Å². The topological polar surface area (TPSA) is 63.5 Å². The molecule has 0 amide bonds. The lowest BCUT2D eigenvalue weighted by atomic mass is 9.56. The number of nitrogens with one attached hydrogen (secondary N) is 2. The Bertz CT molecular complexity index is 670. The summed E-state index contributed by atoms with van der Waals surface area (Å²) in [6, 6.07) is 0.616. The highest BCUT2D eigenvalue weighted by Gasteiger charge is 2.58. The summed E-state index contributed by atoms with van der Waals surface area (Å²) in [6.45, 7) is 15.9. The van der Waals surface area contributed by atoms with E-state index in [0.717, 1.165) is 31.0 Å². The lowest BCUT2D eigenvalue weighted by molar-refractivity contribution is -0.176. The van der Waals surface area contributed by atoms with Crippen LogP contribution in [0.15, 0.2) is 4.99 Å². The normalized spacial score (nSPS) is 25.4. The Kier molecular flexibility index (Phi) is 8.17. The third-order valence-corrected chi connectivity index (χ3v) is 6.46. The molecule has 0 aliphatic heterocycles. The standard InChI is InChI=1S/C20H37N5O.HI/c1-10-21-18(23-17-12-20(7,26-9)19(17,5)6)22-13(2)11-16-14(3)24-25(8)15(16)4;/h13,17H,10-12H2,1-9H3,(H2,21,22,23);1H. The molecular formula is C20H38IN5O. The minimum Gasteiger partial charge on any atom is -0.378 e. The van der Waals surface area contributed by atoms with E-state index < -0.39 is 0 Å². The highest BCUT2D eigenvalue weighted by molar-refractivity contribution is 14.0. The Morgan fingerprint density at radius 3 is 2.44 bits per heavy atom. The quantitative estimate of drug-likeness (QED) is 0.364. The number of halogens is 1. The van der Waals surface area contributed by atoms with Crippen molar-refractivity contribution in [3.8, 4) is 0 Å². The predicted octanol–water partition coefficient (Wildman–Crippen LogP) is 3.34. The second-order valence-electron chi connectivity index (χ2n) is 8.40. The van der Waals surface area contributed by atoms with E-state index >= 15 is 0 Å². The molecule has 2 rings (SSSR count). The maximum absolute atomic E-state index is 5.74. The van der Waals surface area contributed by atoms with Gasteiger partial charge in [-0.1, -0.05) is 13.8 Å². The van der Waals surface area contributed by atoms with E-state index in [1.807, 2.05) is 11.7 Å². The number of methoxy groups -OCH3 is 1. The van der Waals surface area contributed by atoms with Crippen LogP contribution in [0, 0.1) is 19.3 Å². The van der Waals surface area contributed by atoms with Crippen molar-refractivity contribution >= 4 is 29.9 Å². The van der Waals surface area contributed by atoms with Crippen LogP contribution >= 0.6 is 24.0 Å². The van der Waals surface area contributed by atoms with Gasteiger partial charge in [-0.15, -0.1) is 24.0 Å². The number of aromatic nitrogens is 2. The van der Waals surface area contributed by atoms with E-state index in [0.29, 0.717) is 6.04 Å². The van der Waals surface area contributed by atoms with Gasteiger partial charge in [0.1, 0.15) is 0 Å². The van der Waals surface area contributed by atoms with Crippen LogP contribution in [0.5, 0.6) is 0 Å². The Hall–Kier alpha value is -0.830. The van der Waals surface area contributed by atoms with Gasteiger partial charge < -0.3 is 15.4 Å². The largest absolute Gasteiger partial charge is 0.378 e. The average Bonchev–Trinajstić information content (AvgIpc) is 2.80. The molecule has 0 spiro atoms. The molecule has 1 aliphatic carbocycles. The van der Waals surface area contributed by atoms with Gasteiger partial charge in [-0.2, -0.15) is 5.10 Å². The van der Waals surface area contributed by atoms with Crippen molar-refractivity contribution in [3.05, 3.63) is 17.0 Å². The summed E-state index contributed by atoms with van der Waals surface area (Å²) in [5.41, 5.74) is 3.62. The maximum atomic E-state index is 5.74. The minimum atomic E-state index is -0.0858. The van der Waals surface area contributed by atoms with Crippen LogP contribution in [-0.4, -0.2) is 47.1 Å². The van der Waals surface area contributed by atoms with Gasteiger partial charge >= 0.3 is 0 Å². The summed E-state index contributed by atoms with van der Waals surface area (Å²) < 4.78 is 7.70. The maximum Gasteiger partial charge on any atom is 0.191 e. The Labute approximate surface area is 181 Å². The third-order valence-electron chi connectivity index (χ3n) is 6.46. The summed E-state index contributed by atoms with van der Waals surface area (Å²) >= 11 is 0. The lowest BCUT2D eigenvalue weighted by Crippen LogP contribution is -2.69. The number of aliphatic imine (C=N–C) groups is 1. The first-order chi connectivity index (χ1) is 12.1. The SMILES string of the molecule is CCN=C(NC(C)Cc1c(C)nn(C)c1C)NC1CC(C)(OC)C1(C)C.I. The smallest absolute Gasteiger partial charge is 0.191 e. The van der Waals surface area contributed by atoms with Crippen molar-refractivity contribution in [2.45, 2.75) is 79.0 Å². The van der Waals surface area contributed by atoms with Crippen LogP contribution in [0.2, 0.25) is 0 Å². The molecule has 6 nitrogen and oxygen atoms in total. The number of hydrogen-bond donors (Lipinski definition) is 2. The molecule has 0 radical (unpaired) electrons. The van der Waals surface area contributed by atoms with Crippen LogP contribution in [0.4, 0.5) is 0 Å². The van der Waals surface area contributed by atoms with Gasteiger partial charge in [0, 0.05) is 43.9 Å². The lowest BCUT2D eigenvalue weighted by Gasteiger charge is -2.59. The van der Waals surface area contributed by atoms with Gasteiger partial charge in [-0.05, 0) is 53.0 Å². The molecule has 1 aliphatic rings.